The third-order valence-corrected chi connectivity index (χ3v) is 2.57. The maximum Gasteiger partial charge on any atom is 0.311 e. The minimum atomic E-state index is -0.247. The van der Waals surface area contributed by atoms with Crippen molar-refractivity contribution in [3.63, 3.8) is 0 Å². The van der Waals surface area contributed by atoms with Crippen molar-refractivity contribution in [3.05, 3.63) is 24.0 Å². The Kier molecular flexibility index (Phi) is 2.85. The highest BCUT2D eigenvalue weighted by molar-refractivity contribution is 5.72. The molecule has 0 atom stereocenters. The summed E-state index contributed by atoms with van der Waals surface area (Å²) in [6.07, 6.45) is 3.23. The molecule has 1 aliphatic rings. The summed E-state index contributed by atoms with van der Waals surface area (Å²) in [5.74, 6) is -0.247. The van der Waals surface area contributed by atoms with Crippen molar-refractivity contribution >= 4 is 11.7 Å². The lowest BCUT2D eigenvalue weighted by molar-refractivity contribution is -0.139. The summed E-state index contributed by atoms with van der Waals surface area (Å²) in [5.41, 5.74) is 1.92. The van der Waals surface area contributed by atoms with Gasteiger partial charge in [0.15, 0.2) is 0 Å². The van der Waals surface area contributed by atoms with E-state index in [1.54, 1.807) is 6.20 Å². The van der Waals surface area contributed by atoms with Crippen molar-refractivity contribution in [2.75, 3.05) is 25.1 Å². The largest absolute Gasteiger partial charge is 0.469 e. The van der Waals surface area contributed by atoms with E-state index in [9.17, 15) is 4.79 Å². The first kappa shape index (κ1) is 9.96. The molecule has 0 amide bonds. The van der Waals surface area contributed by atoms with Crippen LogP contribution in [-0.2, 0) is 16.0 Å². The maximum absolute atomic E-state index is 11.1. The second kappa shape index (κ2) is 4.29. The van der Waals surface area contributed by atoms with Gasteiger partial charge in [-0.1, -0.05) is 0 Å². The monoisotopic (exact) mass is 206 g/mol. The molecule has 1 aromatic rings. The third kappa shape index (κ3) is 2.26. The molecule has 0 bridgehead atoms. The zero-order chi connectivity index (χ0) is 10.7. The maximum atomic E-state index is 11.1. The highest BCUT2D eigenvalue weighted by atomic mass is 16.5. The van der Waals surface area contributed by atoms with Crippen molar-refractivity contribution in [2.45, 2.75) is 12.8 Å². The standard InChI is InChI=1S/C11H14N2O2/c1-15-11(14)8-9-7-10(3-4-12-9)13-5-2-6-13/h3-4,7H,2,5-6,8H2,1H3. The summed E-state index contributed by atoms with van der Waals surface area (Å²) in [7, 11) is 1.39. The number of pyridine rings is 1. The van der Waals surface area contributed by atoms with E-state index >= 15 is 0 Å². The second-order valence-corrected chi connectivity index (χ2v) is 3.60. The minimum Gasteiger partial charge on any atom is -0.469 e. The van der Waals surface area contributed by atoms with Gasteiger partial charge in [-0.15, -0.1) is 0 Å². The molecule has 4 nitrogen and oxygen atoms in total. The van der Waals surface area contributed by atoms with Gasteiger partial charge in [-0.3, -0.25) is 9.78 Å². The zero-order valence-corrected chi connectivity index (χ0v) is 8.77. The van der Waals surface area contributed by atoms with E-state index in [1.807, 2.05) is 12.1 Å². The second-order valence-electron chi connectivity index (χ2n) is 3.60. The quantitative estimate of drug-likeness (QED) is 0.692. The number of aromatic nitrogens is 1. The summed E-state index contributed by atoms with van der Waals surface area (Å²) < 4.78 is 4.60. The molecular formula is C11H14N2O2. The van der Waals surface area contributed by atoms with E-state index in [1.165, 1.54) is 13.5 Å². The van der Waals surface area contributed by atoms with Crippen molar-refractivity contribution < 1.29 is 9.53 Å². The topological polar surface area (TPSA) is 42.4 Å². The fourth-order valence-corrected chi connectivity index (χ4v) is 1.55. The predicted octanol–water partition coefficient (Wildman–Crippen LogP) is 1.01. The average molecular weight is 206 g/mol. The van der Waals surface area contributed by atoms with Crippen molar-refractivity contribution in [1.29, 1.82) is 0 Å². The Morgan fingerprint density at radius 1 is 1.60 bits per heavy atom. The third-order valence-electron chi connectivity index (χ3n) is 2.57. The first-order valence-corrected chi connectivity index (χ1v) is 5.06. The average Bonchev–Trinajstić information content (AvgIpc) is 2.15. The molecule has 0 N–H and O–H groups in total. The SMILES string of the molecule is COC(=O)Cc1cc(N2CCC2)ccn1. The van der Waals surface area contributed by atoms with Gasteiger partial charge in [0.2, 0.25) is 0 Å². The number of anilines is 1. The smallest absolute Gasteiger partial charge is 0.311 e. The van der Waals surface area contributed by atoms with E-state index in [2.05, 4.69) is 14.6 Å². The Bertz CT molecular complexity index is 361. The molecule has 0 aromatic carbocycles. The molecule has 0 unspecified atom stereocenters. The van der Waals surface area contributed by atoms with Crippen LogP contribution < -0.4 is 4.90 Å². The van der Waals surface area contributed by atoms with E-state index in [4.69, 9.17) is 0 Å². The fourth-order valence-electron chi connectivity index (χ4n) is 1.55. The molecule has 1 fully saturated rings. The van der Waals surface area contributed by atoms with Crippen LogP contribution in [0.3, 0.4) is 0 Å². The lowest BCUT2D eigenvalue weighted by Gasteiger charge is -2.33. The molecule has 4 heteroatoms. The van der Waals surface area contributed by atoms with E-state index < -0.39 is 0 Å². The minimum absolute atomic E-state index is 0.247. The van der Waals surface area contributed by atoms with Gasteiger partial charge < -0.3 is 9.64 Å². The number of carbonyl (C=O) groups is 1. The molecule has 2 heterocycles. The molecule has 0 radical (unpaired) electrons. The van der Waals surface area contributed by atoms with Gasteiger partial charge >= 0.3 is 5.97 Å². The van der Waals surface area contributed by atoms with Crippen LogP contribution in [0.5, 0.6) is 0 Å². The summed E-state index contributed by atoms with van der Waals surface area (Å²) in [6.45, 7) is 2.20. The Morgan fingerprint density at radius 2 is 2.40 bits per heavy atom. The van der Waals surface area contributed by atoms with Crippen LogP contribution in [0, 0.1) is 0 Å². The first-order chi connectivity index (χ1) is 7.29. The van der Waals surface area contributed by atoms with Gasteiger partial charge in [-0.2, -0.15) is 0 Å². The number of hydrogen-bond donors (Lipinski definition) is 0. The van der Waals surface area contributed by atoms with Crippen molar-refractivity contribution in [2.24, 2.45) is 0 Å². The van der Waals surface area contributed by atoms with Crippen LogP contribution in [0.15, 0.2) is 18.3 Å². The van der Waals surface area contributed by atoms with Crippen LogP contribution in [0.2, 0.25) is 0 Å². The predicted molar refractivity (Wildman–Crippen MR) is 56.8 cm³/mol. The molecule has 80 valence electrons. The molecule has 0 aliphatic carbocycles. The molecule has 1 aliphatic heterocycles. The molecule has 0 saturated carbocycles. The fraction of sp³-hybridized carbons (Fsp3) is 0.455. The molecule has 1 saturated heterocycles. The number of ether oxygens (including phenoxy) is 1. The highest BCUT2D eigenvalue weighted by Gasteiger charge is 2.15. The van der Waals surface area contributed by atoms with Crippen LogP contribution in [-0.4, -0.2) is 31.2 Å². The summed E-state index contributed by atoms with van der Waals surface area (Å²) in [4.78, 5) is 17.5. The number of esters is 1. The van der Waals surface area contributed by atoms with Gasteiger partial charge in [-0.25, -0.2) is 0 Å². The summed E-state index contributed by atoms with van der Waals surface area (Å²) in [6, 6.07) is 3.93. The van der Waals surface area contributed by atoms with Gasteiger partial charge in [0, 0.05) is 25.0 Å². The summed E-state index contributed by atoms with van der Waals surface area (Å²) in [5, 5.41) is 0. The van der Waals surface area contributed by atoms with E-state index in [-0.39, 0.29) is 12.4 Å². The van der Waals surface area contributed by atoms with Crippen LogP contribution in [0.4, 0.5) is 5.69 Å². The molecular weight excluding hydrogens is 192 g/mol. The summed E-state index contributed by atoms with van der Waals surface area (Å²) >= 11 is 0. The Morgan fingerprint density at radius 3 is 3.00 bits per heavy atom. The highest BCUT2D eigenvalue weighted by Crippen LogP contribution is 2.20. The lowest BCUT2D eigenvalue weighted by Crippen LogP contribution is -2.37. The van der Waals surface area contributed by atoms with Crippen molar-refractivity contribution in [1.82, 2.24) is 4.98 Å². The lowest BCUT2D eigenvalue weighted by atomic mass is 10.1. The van der Waals surface area contributed by atoms with Crippen LogP contribution >= 0.6 is 0 Å². The van der Waals surface area contributed by atoms with E-state index in [0.29, 0.717) is 0 Å². The Hall–Kier alpha value is -1.58. The Balaban J connectivity index is 2.08. The van der Waals surface area contributed by atoms with E-state index in [0.717, 1.165) is 24.5 Å². The number of hydrogen-bond acceptors (Lipinski definition) is 4. The van der Waals surface area contributed by atoms with Crippen LogP contribution in [0.25, 0.3) is 0 Å². The number of rotatable bonds is 3. The first-order valence-electron chi connectivity index (χ1n) is 5.06. The van der Waals surface area contributed by atoms with Gasteiger partial charge in [0.25, 0.3) is 0 Å². The van der Waals surface area contributed by atoms with Crippen LogP contribution in [0.1, 0.15) is 12.1 Å². The molecule has 15 heavy (non-hydrogen) atoms. The van der Waals surface area contributed by atoms with Gasteiger partial charge in [0.05, 0.1) is 19.2 Å². The normalized spacial score (nSPS) is 14.6. The molecule has 0 spiro atoms. The van der Waals surface area contributed by atoms with Gasteiger partial charge in [0.1, 0.15) is 0 Å². The number of carbonyl (C=O) groups excluding carboxylic acids is 1. The van der Waals surface area contributed by atoms with Crippen molar-refractivity contribution in [3.8, 4) is 0 Å². The zero-order valence-electron chi connectivity index (χ0n) is 8.77. The molecule has 1 aromatic heterocycles. The Labute approximate surface area is 88.9 Å². The molecule has 2 rings (SSSR count). The number of methoxy groups -OCH3 is 1. The number of nitrogens with zero attached hydrogens (tertiary/aromatic N) is 2. The van der Waals surface area contributed by atoms with Gasteiger partial charge in [-0.05, 0) is 18.6 Å².